The highest BCUT2D eigenvalue weighted by atomic mass is 14.4. The molecule has 1 aliphatic carbocycles. The standard InChI is InChI=1S/C20H30/c1-3-5-9-15-20(16-10-6-4-2)17-11-13-18-12-7-8-14-19(18)20/h7-8,11-14H,3-6,9-10,15-17H2,1-2H3. The quantitative estimate of drug-likeness (QED) is 0.473. The summed E-state index contributed by atoms with van der Waals surface area (Å²) in [7, 11) is 0. The van der Waals surface area contributed by atoms with Gasteiger partial charge < -0.3 is 0 Å². The van der Waals surface area contributed by atoms with E-state index in [1.54, 1.807) is 5.56 Å². The van der Waals surface area contributed by atoms with Crippen molar-refractivity contribution in [3.63, 3.8) is 0 Å². The minimum Gasteiger partial charge on any atom is -0.0830 e. The fourth-order valence-corrected chi connectivity index (χ4v) is 3.67. The predicted octanol–water partition coefficient (Wildman–Crippen LogP) is 6.50. The van der Waals surface area contributed by atoms with Crippen LogP contribution < -0.4 is 0 Å². The van der Waals surface area contributed by atoms with E-state index in [4.69, 9.17) is 0 Å². The number of hydrogen-bond acceptors (Lipinski definition) is 0. The fraction of sp³-hybridized carbons (Fsp3) is 0.600. The lowest BCUT2D eigenvalue weighted by Gasteiger charge is -2.37. The Balaban J connectivity index is 2.19. The summed E-state index contributed by atoms with van der Waals surface area (Å²) >= 11 is 0. The van der Waals surface area contributed by atoms with Crippen LogP contribution in [0.5, 0.6) is 0 Å². The smallest absolute Gasteiger partial charge is 0.000651 e. The second kappa shape index (κ2) is 7.67. The molecule has 0 radical (unpaired) electrons. The highest BCUT2D eigenvalue weighted by Crippen LogP contribution is 2.43. The van der Waals surface area contributed by atoms with Gasteiger partial charge in [0.2, 0.25) is 0 Å². The molecule has 0 amide bonds. The van der Waals surface area contributed by atoms with Crippen LogP contribution >= 0.6 is 0 Å². The van der Waals surface area contributed by atoms with Gasteiger partial charge in [-0.25, -0.2) is 0 Å². The summed E-state index contributed by atoms with van der Waals surface area (Å²) in [6.45, 7) is 4.61. The van der Waals surface area contributed by atoms with Gasteiger partial charge in [0.15, 0.2) is 0 Å². The van der Waals surface area contributed by atoms with Gasteiger partial charge >= 0.3 is 0 Å². The first-order valence-electron chi connectivity index (χ1n) is 8.58. The van der Waals surface area contributed by atoms with Crippen molar-refractivity contribution >= 4 is 6.08 Å². The summed E-state index contributed by atoms with van der Waals surface area (Å²) in [5.41, 5.74) is 3.51. The van der Waals surface area contributed by atoms with Crippen LogP contribution in [0, 0.1) is 0 Å². The third-order valence-electron chi connectivity index (χ3n) is 4.86. The van der Waals surface area contributed by atoms with E-state index in [9.17, 15) is 0 Å². The monoisotopic (exact) mass is 270 g/mol. The Kier molecular flexibility index (Phi) is 5.88. The third kappa shape index (κ3) is 3.53. The summed E-state index contributed by atoms with van der Waals surface area (Å²) in [6, 6.07) is 9.08. The van der Waals surface area contributed by atoms with E-state index in [0.29, 0.717) is 5.41 Å². The molecule has 0 bridgehead atoms. The number of benzene rings is 1. The highest BCUT2D eigenvalue weighted by molar-refractivity contribution is 5.59. The molecule has 0 spiro atoms. The van der Waals surface area contributed by atoms with Crippen LogP contribution in [0.15, 0.2) is 30.3 Å². The van der Waals surface area contributed by atoms with Crippen LogP contribution in [-0.2, 0) is 5.41 Å². The van der Waals surface area contributed by atoms with E-state index in [2.05, 4.69) is 50.3 Å². The molecule has 0 fully saturated rings. The molecule has 1 aromatic rings. The van der Waals surface area contributed by atoms with Crippen molar-refractivity contribution < 1.29 is 0 Å². The van der Waals surface area contributed by atoms with E-state index in [0.717, 1.165) is 0 Å². The molecule has 0 aliphatic heterocycles. The largest absolute Gasteiger partial charge is 0.0830 e. The maximum atomic E-state index is 2.42. The second-order valence-corrected chi connectivity index (χ2v) is 6.39. The SMILES string of the molecule is CCCCCC1(CCCCC)CC=Cc2ccccc21. The van der Waals surface area contributed by atoms with Gasteiger partial charge in [-0.3, -0.25) is 0 Å². The first kappa shape index (κ1) is 15.4. The summed E-state index contributed by atoms with van der Waals surface area (Å²) < 4.78 is 0. The molecule has 0 atom stereocenters. The Bertz CT molecular complexity index is 417. The molecule has 1 aromatic carbocycles. The predicted molar refractivity (Wildman–Crippen MR) is 90.1 cm³/mol. The van der Waals surface area contributed by atoms with Gasteiger partial charge in [0, 0.05) is 0 Å². The number of unbranched alkanes of at least 4 members (excludes halogenated alkanes) is 4. The van der Waals surface area contributed by atoms with Crippen LogP contribution in [0.2, 0.25) is 0 Å². The topological polar surface area (TPSA) is 0 Å². The van der Waals surface area contributed by atoms with E-state index in [1.807, 2.05) is 0 Å². The van der Waals surface area contributed by atoms with Crippen molar-refractivity contribution in [1.29, 1.82) is 0 Å². The normalized spacial score (nSPS) is 16.1. The number of rotatable bonds is 8. The Morgan fingerprint density at radius 2 is 1.55 bits per heavy atom. The van der Waals surface area contributed by atoms with E-state index in [1.165, 1.54) is 63.4 Å². The lowest BCUT2D eigenvalue weighted by molar-refractivity contribution is 0.336. The highest BCUT2D eigenvalue weighted by Gasteiger charge is 2.33. The van der Waals surface area contributed by atoms with Crippen molar-refractivity contribution in [2.24, 2.45) is 0 Å². The molecule has 0 heterocycles. The molecule has 0 aromatic heterocycles. The number of fused-ring (bicyclic) bond motifs is 1. The van der Waals surface area contributed by atoms with E-state index < -0.39 is 0 Å². The summed E-state index contributed by atoms with van der Waals surface area (Å²) in [5.74, 6) is 0. The first-order chi connectivity index (χ1) is 9.82. The molecule has 0 nitrogen and oxygen atoms in total. The molecule has 1 aliphatic rings. The minimum atomic E-state index is 0.426. The molecule has 0 saturated heterocycles. The van der Waals surface area contributed by atoms with Gasteiger partial charge in [-0.15, -0.1) is 0 Å². The molecule has 0 N–H and O–H groups in total. The van der Waals surface area contributed by atoms with Crippen LogP contribution in [0.4, 0.5) is 0 Å². The number of allylic oxidation sites excluding steroid dienone is 1. The lowest BCUT2D eigenvalue weighted by atomic mass is 9.67. The number of hydrogen-bond donors (Lipinski definition) is 0. The Hall–Kier alpha value is -1.04. The van der Waals surface area contributed by atoms with Crippen LogP contribution in [0.1, 0.15) is 82.8 Å². The average Bonchev–Trinajstić information content (AvgIpc) is 2.48. The van der Waals surface area contributed by atoms with Crippen LogP contribution in [-0.4, -0.2) is 0 Å². The van der Waals surface area contributed by atoms with Gasteiger partial charge in [-0.05, 0) is 35.8 Å². The molecule has 0 saturated carbocycles. The van der Waals surface area contributed by atoms with Crippen molar-refractivity contribution in [2.45, 2.75) is 77.0 Å². The molecule has 2 rings (SSSR count). The molecule has 0 unspecified atom stereocenters. The van der Waals surface area contributed by atoms with Gasteiger partial charge in [0.05, 0.1) is 0 Å². The van der Waals surface area contributed by atoms with Gasteiger partial charge in [-0.2, -0.15) is 0 Å². The zero-order valence-corrected chi connectivity index (χ0v) is 13.3. The summed E-state index contributed by atoms with van der Waals surface area (Å²) in [5, 5.41) is 0. The second-order valence-electron chi connectivity index (χ2n) is 6.39. The Morgan fingerprint density at radius 3 is 2.20 bits per heavy atom. The molecule has 20 heavy (non-hydrogen) atoms. The third-order valence-corrected chi connectivity index (χ3v) is 4.86. The van der Waals surface area contributed by atoms with Crippen molar-refractivity contribution in [3.8, 4) is 0 Å². The molecular weight excluding hydrogens is 240 g/mol. The van der Waals surface area contributed by atoms with Crippen molar-refractivity contribution in [1.82, 2.24) is 0 Å². The fourth-order valence-electron chi connectivity index (χ4n) is 3.67. The van der Waals surface area contributed by atoms with Gasteiger partial charge in [-0.1, -0.05) is 88.8 Å². The molecule has 110 valence electrons. The average molecular weight is 270 g/mol. The Morgan fingerprint density at radius 1 is 0.900 bits per heavy atom. The Labute approximate surface area is 125 Å². The molecule has 0 heteroatoms. The zero-order valence-electron chi connectivity index (χ0n) is 13.3. The van der Waals surface area contributed by atoms with Crippen LogP contribution in [0.3, 0.4) is 0 Å². The van der Waals surface area contributed by atoms with E-state index in [-0.39, 0.29) is 0 Å². The van der Waals surface area contributed by atoms with Crippen molar-refractivity contribution in [3.05, 3.63) is 41.5 Å². The molecular formula is C20H30. The minimum absolute atomic E-state index is 0.426. The maximum Gasteiger partial charge on any atom is -0.000651 e. The summed E-state index contributed by atoms with van der Waals surface area (Å²) in [4.78, 5) is 0. The maximum absolute atomic E-state index is 2.42. The van der Waals surface area contributed by atoms with Gasteiger partial charge in [0.25, 0.3) is 0 Å². The lowest BCUT2D eigenvalue weighted by Crippen LogP contribution is -2.28. The first-order valence-corrected chi connectivity index (χ1v) is 8.58. The zero-order chi connectivity index (χ0) is 14.3. The van der Waals surface area contributed by atoms with Gasteiger partial charge in [0.1, 0.15) is 0 Å². The van der Waals surface area contributed by atoms with Crippen molar-refractivity contribution in [2.75, 3.05) is 0 Å². The summed E-state index contributed by atoms with van der Waals surface area (Å²) in [6.07, 6.45) is 16.9. The van der Waals surface area contributed by atoms with E-state index >= 15 is 0 Å². The van der Waals surface area contributed by atoms with Crippen LogP contribution in [0.25, 0.3) is 6.08 Å².